The van der Waals surface area contributed by atoms with Crippen molar-refractivity contribution in [1.29, 1.82) is 0 Å². The van der Waals surface area contributed by atoms with Crippen molar-refractivity contribution in [2.75, 3.05) is 12.4 Å². The van der Waals surface area contributed by atoms with Crippen molar-refractivity contribution in [3.8, 4) is 5.75 Å². The monoisotopic (exact) mass is 375 g/mol. The van der Waals surface area contributed by atoms with E-state index in [1.165, 1.54) is 5.56 Å². The number of nitrogens with one attached hydrogen (secondary N) is 2. The van der Waals surface area contributed by atoms with E-state index < -0.39 is 0 Å². The Bertz CT molecular complexity index is 937. The van der Waals surface area contributed by atoms with Crippen LogP contribution in [-0.2, 0) is 6.54 Å². The number of rotatable bonds is 7. The van der Waals surface area contributed by atoms with Gasteiger partial charge in [-0.3, -0.25) is 4.79 Å². The molecule has 5 nitrogen and oxygen atoms in total. The molecule has 3 aromatic rings. The van der Waals surface area contributed by atoms with E-state index >= 15 is 0 Å². The first-order valence-corrected chi connectivity index (χ1v) is 9.30. The first-order valence-electron chi connectivity index (χ1n) is 9.30. The minimum atomic E-state index is -0.222. The van der Waals surface area contributed by atoms with E-state index in [0.29, 0.717) is 18.2 Å². The van der Waals surface area contributed by atoms with Gasteiger partial charge in [0.05, 0.1) is 19.0 Å². The molecule has 0 aliphatic heterocycles. The number of hydrogen-bond donors (Lipinski definition) is 2. The number of amides is 1. The van der Waals surface area contributed by atoms with Crippen molar-refractivity contribution >= 4 is 17.3 Å². The van der Waals surface area contributed by atoms with Gasteiger partial charge in [-0.1, -0.05) is 50.2 Å². The molecule has 0 unspecified atom stereocenters. The number of benzene rings is 2. The van der Waals surface area contributed by atoms with Crippen LogP contribution >= 0.6 is 0 Å². The van der Waals surface area contributed by atoms with Gasteiger partial charge in [0, 0.05) is 17.8 Å². The SMILES string of the molecule is COc1ccccc1CNC(=O)c1ccc(Nc2ccccc2C(C)C)cn1. The highest BCUT2D eigenvalue weighted by Gasteiger charge is 2.10. The van der Waals surface area contributed by atoms with Crippen LogP contribution in [-0.4, -0.2) is 18.0 Å². The van der Waals surface area contributed by atoms with Gasteiger partial charge in [0.25, 0.3) is 5.91 Å². The summed E-state index contributed by atoms with van der Waals surface area (Å²) in [6.45, 7) is 4.70. The number of anilines is 2. The van der Waals surface area contributed by atoms with Crippen LogP contribution in [0.4, 0.5) is 11.4 Å². The fraction of sp³-hybridized carbons (Fsp3) is 0.217. The molecule has 2 N–H and O–H groups in total. The van der Waals surface area contributed by atoms with E-state index in [1.54, 1.807) is 19.4 Å². The first-order chi connectivity index (χ1) is 13.6. The molecular weight excluding hydrogens is 350 g/mol. The number of methoxy groups -OCH3 is 1. The normalized spacial score (nSPS) is 10.6. The molecular formula is C23H25N3O2. The molecule has 0 aliphatic carbocycles. The fourth-order valence-electron chi connectivity index (χ4n) is 2.99. The Morgan fingerprint density at radius 3 is 2.50 bits per heavy atom. The van der Waals surface area contributed by atoms with Crippen molar-refractivity contribution in [2.45, 2.75) is 26.3 Å². The lowest BCUT2D eigenvalue weighted by Crippen LogP contribution is -2.24. The van der Waals surface area contributed by atoms with Crippen LogP contribution in [0, 0.1) is 0 Å². The van der Waals surface area contributed by atoms with Gasteiger partial charge in [0.15, 0.2) is 0 Å². The van der Waals surface area contributed by atoms with Crippen LogP contribution < -0.4 is 15.4 Å². The zero-order chi connectivity index (χ0) is 19.9. The smallest absolute Gasteiger partial charge is 0.270 e. The highest BCUT2D eigenvalue weighted by atomic mass is 16.5. The summed E-state index contributed by atoms with van der Waals surface area (Å²) in [6.07, 6.45) is 1.68. The summed E-state index contributed by atoms with van der Waals surface area (Å²) in [6, 6.07) is 19.4. The van der Waals surface area contributed by atoms with Gasteiger partial charge in [-0.15, -0.1) is 0 Å². The van der Waals surface area contributed by atoms with Gasteiger partial charge >= 0.3 is 0 Å². The van der Waals surface area contributed by atoms with Crippen LogP contribution in [0.5, 0.6) is 5.75 Å². The maximum absolute atomic E-state index is 12.4. The predicted molar refractivity (Wildman–Crippen MR) is 112 cm³/mol. The second kappa shape index (κ2) is 9.04. The molecule has 0 aliphatic rings. The second-order valence-corrected chi connectivity index (χ2v) is 6.79. The first kappa shape index (κ1) is 19.4. The Balaban J connectivity index is 1.65. The van der Waals surface area contributed by atoms with E-state index in [-0.39, 0.29) is 5.91 Å². The Kier molecular flexibility index (Phi) is 6.27. The summed E-state index contributed by atoms with van der Waals surface area (Å²) in [4.78, 5) is 16.7. The summed E-state index contributed by atoms with van der Waals surface area (Å²) in [7, 11) is 1.62. The zero-order valence-electron chi connectivity index (χ0n) is 16.4. The molecule has 3 rings (SSSR count). The van der Waals surface area contributed by atoms with E-state index in [4.69, 9.17) is 4.74 Å². The van der Waals surface area contributed by atoms with Crippen LogP contribution in [0.2, 0.25) is 0 Å². The lowest BCUT2D eigenvalue weighted by Gasteiger charge is -2.14. The molecule has 0 radical (unpaired) electrons. The fourth-order valence-corrected chi connectivity index (χ4v) is 2.99. The standard InChI is InChI=1S/C23H25N3O2/c1-16(2)19-9-5-6-10-20(19)26-18-12-13-21(24-15-18)23(27)25-14-17-8-4-7-11-22(17)28-3/h4-13,15-16,26H,14H2,1-3H3,(H,25,27). The molecule has 0 bridgehead atoms. The van der Waals surface area contributed by atoms with Crippen LogP contribution in [0.15, 0.2) is 66.9 Å². The lowest BCUT2D eigenvalue weighted by atomic mass is 10.0. The summed E-state index contributed by atoms with van der Waals surface area (Å²) < 4.78 is 5.31. The van der Waals surface area contributed by atoms with Crippen LogP contribution in [0.1, 0.15) is 41.4 Å². The maximum atomic E-state index is 12.4. The summed E-state index contributed by atoms with van der Waals surface area (Å²) >= 11 is 0. The molecule has 0 fully saturated rings. The van der Waals surface area contributed by atoms with Crippen molar-refractivity contribution in [1.82, 2.24) is 10.3 Å². The molecule has 5 heteroatoms. The third-order valence-electron chi connectivity index (χ3n) is 4.49. The third kappa shape index (κ3) is 4.68. The molecule has 2 aromatic carbocycles. The zero-order valence-corrected chi connectivity index (χ0v) is 16.4. The molecule has 1 amide bonds. The Morgan fingerprint density at radius 2 is 1.79 bits per heavy atom. The highest BCUT2D eigenvalue weighted by molar-refractivity contribution is 5.92. The number of carbonyl (C=O) groups excluding carboxylic acids is 1. The minimum Gasteiger partial charge on any atom is -0.496 e. The minimum absolute atomic E-state index is 0.222. The number of aromatic nitrogens is 1. The van der Waals surface area contributed by atoms with E-state index in [0.717, 1.165) is 22.7 Å². The lowest BCUT2D eigenvalue weighted by molar-refractivity contribution is 0.0945. The van der Waals surface area contributed by atoms with E-state index in [1.807, 2.05) is 48.5 Å². The molecule has 0 spiro atoms. The van der Waals surface area contributed by atoms with Crippen molar-refractivity contribution in [2.24, 2.45) is 0 Å². The summed E-state index contributed by atoms with van der Waals surface area (Å²) in [5.74, 6) is 0.941. The van der Waals surface area contributed by atoms with Gasteiger partial charge in [-0.05, 0) is 35.7 Å². The van der Waals surface area contributed by atoms with Crippen molar-refractivity contribution < 1.29 is 9.53 Å². The molecule has 28 heavy (non-hydrogen) atoms. The Hall–Kier alpha value is -3.34. The molecule has 1 aromatic heterocycles. The van der Waals surface area contributed by atoms with Gasteiger partial charge in [0.2, 0.25) is 0 Å². The Morgan fingerprint density at radius 1 is 1.04 bits per heavy atom. The largest absolute Gasteiger partial charge is 0.496 e. The average molecular weight is 375 g/mol. The summed E-state index contributed by atoms with van der Waals surface area (Å²) in [5, 5.41) is 6.26. The quantitative estimate of drug-likeness (QED) is 0.617. The van der Waals surface area contributed by atoms with Crippen LogP contribution in [0.25, 0.3) is 0 Å². The van der Waals surface area contributed by atoms with Crippen molar-refractivity contribution in [3.63, 3.8) is 0 Å². The van der Waals surface area contributed by atoms with Crippen molar-refractivity contribution in [3.05, 3.63) is 83.7 Å². The predicted octanol–water partition coefficient (Wildman–Crippen LogP) is 4.89. The molecule has 0 saturated carbocycles. The molecule has 0 saturated heterocycles. The average Bonchev–Trinajstić information content (AvgIpc) is 2.73. The molecule has 1 heterocycles. The summed E-state index contributed by atoms with van der Waals surface area (Å²) in [5.41, 5.74) is 4.42. The molecule has 144 valence electrons. The van der Waals surface area contributed by atoms with Crippen LogP contribution in [0.3, 0.4) is 0 Å². The highest BCUT2D eigenvalue weighted by Crippen LogP contribution is 2.26. The number of nitrogens with zero attached hydrogens (tertiary/aromatic N) is 1. The number of carbonyl (C=O) groups is 1. The Labute approximate surface area is 165 Å². The number of ether oxygens (including phenoxy) is 1. The maximum Gasteiger partial charge on any atom is 0.270 e. The number of pyridine rings is 1. The van der Waals surface area contributed by atoms with Gasteiger partial charge in [0.1, 0.15) is 11.4 Å². The topological polar surface area (TPSA) is 63.2 Å². The van der Waals surface area contributed by atoms with Gasteiger partial charge < -0.3 is 15.4 Å². The number of hydrogen-bond acceptors (Lipinski definition) is 4. The van der Waals surface area contributed by atoms with Gasteiger partial charge in [-0.2, -0.15) is 0 Å². The second-order valence-electron chi connectivity index (χ2n) is 6.79. The van der Waals surface area contributed by atoms with Gasteiger partial charge in [-0.25, -0.2) is 4.98 Å². The molecule has 0 atom stereocenters. The van der Waals surface area contributed by atoms with E-state index in [9.17, 15) is 4.79 Å². The number of para-hydroxylation sites is 2. The van der Waals surface area contributed by atoms with E-state index in [2.05, 4.69) is 35.5 Å². The third-order valence-corrected chi connectivity index (χ3v) is 4.49.